The van der Waals surface area contributed by atoms with Crippen molar-refractivity contribution in [2.45, 2.75) is 51.6 Å². The summed E-state index contributed by atoms with van der Waals surface area (Å²) < 4.78 is 6.52. The van der Waals surface area contributed by atoms with Crippen LogP contribution in [0.4, 0.5) is 0 Å². The van der Waals surface area contributed by atoms with Crippen LogP contribution in [0.3, 0.4) is 0 Å². The van der Waals surface area contributed by atoms with E-state index in [1.54, 1.807) is 7.11 Å². The third-order valence-corrected chi connectivity index (χ3v) is 4.97. The molecule has 3 unspecified atom stereocenters. The van der Waals surface area contributed by atoms with Crippen molar-refractivity contribution >= 4 is 15.9 Å². The van der Waals surface area contributed by atoms with Crippen molar-refractivity contribution in [1.29, 1.82) is 0 Å². The number of hydrogen-bond donors (Lipinski definition) is 1. The summed E-state index contributed by atoms with van der Waals surface area (Å²) in [6.07, 6.45) is 6.56. The number of aliphatic hydroxyl groups is 1. The molecule has 112 valence electrons. The van der Waals surface area contributed by atoms with Gasteiger partial charge >= 0.3 is 0 Å². The fourth-order valence-corrected chi connectivity index (χ4v) is 3.83. The highest BCUT2D eigenvalue weighted by Crippen LogP contribution is 2.36. The summed E-state index contributed by atoms with van der Waals surface area (Å²) in [7, 11) is 1.71. The maximum absolute atomic E-state index is 10.3. The van der Waals surface area contributed by atoms with Crippen LogP contribution < -0.4 is 4.74 Å². The van der Waals surface area contributed by atoms with Gasteiger partial charge in [0.05, 0.1) is 13.2 Å². The normalized spacial score (nSPS) is 26.5. The Morgan fingerprint density at radius 3 is 2.85 bits per heavy atom. The minimum Gasteiger partial charge on any atom is -0.496 e. The van der Waals surface area contributed by atoms with E-state index in [4.69, 9.17) is 4.74 Å². The first kappa shape index (κ1) is 15.8. The molecule has 1 aliphatic rings. The number of halogens is 1. The molecule has 3 heteroatoms. The number of methoxy groups -OCH3 is 1. The molecule has 3 atom stereocenters. The second kappa shape index (κ2) is 7.46. The molecular formula is C17H25BrO2. The average molecular weight is 341 g/mol. The number of ether oxygens (including phenoxy) is 1. The van der Waals surface area contributed by atoms with Crippen molar-refractivity contribution in [2.24, 2.45) is 11.8 Å². The van der Waals surface area contributed by atoms with Crippen molar-refractivity contribution in [2.75, 3.05) is 7.11 Å². The Balaban J connectivity index is 2.09. The predicted octanol–water partition coefficient (Wildman–Crippen LogP) is 4.58. The molecule has 0 saturated heterocycles. The van der Waals surface area contributed by atoms with Crippen LogP contribution in [0, 0.1) is 11.8 Å². The van der Waals surface area contributed by atoms with Gasteiger partial charge in [-0.3, -0.25) is 0 Å². The van der Waals surface area contributed by atoms with Crippen LogP contribution in [0.1, 0.15) is 44.6 Å². The van der Waals surface area contributed by atoms with Crippen molar-refractivity contribution < 1.29 is 9.84 Å². The molecule has 0 amide bonds. The van der Waals surface area contributed by atoms with Gasteiger partial charge in [0.2, 0.25) is 0 Å². The molecule has 1 N–H and O–H groups in total. The van der Waals surface area contributed by atoms with Gasteiger partial charge in [-0.2, -0.15) is 0 Å². The first-order valence-electron chi connectivity index (χ1n) is 7.64. The highest BCUT2D eigenvalue weighted by atomic mass is 79.9. The molecule has 1 aliphatic carbocycles. The second-order valence-corrected chi connectivity index (χ2v) is 6.87. The molecule has 1 saturated carbocycles. The topological polar surface area (TPSA) is 29.5 Å². The van der Waals surface area contributed by atoms with E-state index in [1.807, 2.05) is 12.1 Å². The van der Waals surface area contributed by atoms with Crippen LogP contribution in [0.2, 0.25) is 0 Å². The van der Waals surface area contributed by atoms with Gasteiger partial charge in [-0.1, -0.05) is 35.7 Å². The summed E-state index contributed by atoms with van der Waals surface area (Å²) >= 11 is 3.52. The number of rotatable bonds is 5. The van der Waals surface area contributed by atoms with Crippen molar-refractivity contribution in [3.63, 3.8) is 0 Å². The fourth-order valence-electron chi connectivity index (χ4n) is 3.42. The van der Waals surface area contributed by atoms with E-state index < -0.39 is 0 Å². The first-order chi connectivity index (χ1) is 9.63. The van der Waals surface area contributed by atoms with Gasteiger partial charge in [-0.15, -0.1) is 0 Å². The Morgan fingerprint density at radius 1 is 1.35 bits per heavy atom. The third kappa shape index (κ3) is 3.98. The zero-order valence-electron chi connectivity index (χ0n) is 12.4. The first-order valence-corrected chi connectivity index (χ1v) is 8.43. The summed E-state index contributed by atoms with van der Waals surface area (Å²) in [4.78, 5) is 0. The SMILES string of the molecule is CCCC1CCC(O)C(Cc2cc(Br)ccc2OC)C1. The van der Waals surface area contributed by atoms with Crippen molar-refractivity contribution in [1.82, 2.24) is 0 Å². The molecule has 20 heavy (non-hydrogen) atoms. The Bertz CT molecular complexity index is 433. The smallest absolute Gasteiger partial charge is 0.122 e. The lowest BCUT2D eigenvalue weighted by Crippen LogP contribution is -2.30. The highest BCUT2D eigenvalue weighted by Gasteiger charge is 2.29. The van der Waals surface area contributed by atoms with Crippen LogP contribution >= 0.6 is 15.9 Å². The lowest BCUT2D eigenvalue weighted by molar-refractivity contribution is 0.0460. The van der Waals surface area contributed by atoms with E-state index >= 15 is 0 Å². The molecule has 0 aliphatic heterocycles. The van der Waals surface area contributed by atoms with Crippen molar-refractivity contribution in [3.05, 3.63) is 28.2 Å². The van der Waals surface area contributed by atoms with E-state index in [0.717, 1.165) is 35.4 Å². The van der Waals surface area contributed by atoms with Crippen molar-refractivity contribution in [3.8, 4) is 5.75 Å². The molecule has 1 fully saturated rings. The quantitative estimate of drug-likeness (QED) is 0.850. The molecule has 0 spiro atoms. The van der Waals surface area contributed by atoms with E-state index in [-0.39, 0.29) is 6.10 Å². The molecule has 1 aromatic carbocycles. The zero-order chi connectivity index (χ0) is 14.5. The van der Waals surface area contributed by atoms with Gasteiger partial charge in [0.25, 0.3) is 0 Å². The van der Waals surface area contributed by atoms with E-state index in [1.165, 1.54) is 24.8 Å². The van der Waals surface area contributed by atoms with Crippen LogP contribution in [0.15, 0.2) is 22.7 Å². The molecule has 0 heterocycles. The highest BCUT2D eigenvalue weighted by molar-refractivity contribution is 9.10. The number of aliphatic hydroxyl groups excluding tert-OH is 1. The Hall–Kier alpha value is -0.540. The molecule has 0 aromatic heterocycles. The molecule has 1 aromatic rings. The molecule has 0 bridgehead atoms. The lowest BCUT2D eigenvalue weighted by Gasteiger charge is -2.33. The second-order valence-electron chi connectivity index (χ2n) is 5.96. The van der Waals surface area contributed by atoms with Gasteiger partial charge in [-0.25, -0.2) is 0 Å². The third-order valence-electron chi connectivity index (χ3n) is 4.47. The summed E-state index contributed by atoms with van der Waals surface area (Å²) in [6.45, 7) is 2.25. The largest absolute Gasteiger partial charge is 0.496 e. The van der Waals surface area contributed by atoms with Gasteiger partial charge in [0.1, 0.15) is 5.75 Å². The summed E-state index contributed by atoms with van der Waals surface area (Å²) in [6, 6.07) is 6.12. The lowest BCUT2D eigenvalue weighted by atomic mass is 9.75. The molecule has 2 nitrogen and oxygen atoms in total. The summed E-state index contributed by atoms with van der Waals surface area (Å²) in [5, 5.41) is 10.3. The van der Waals surface area contributed by atoms with Gasteiger partial charge in [0, 0.05) is 4.47 Å². The monoisotopic (exact) mass is 340 g/mol. The Labute approximate surface area is 130 Å². The zero-order valence-corrected chi connectivity index (χ0v) is 14.0. The fraction of sp³-hybridized carbons (Fsp3) is 0.647. The van der Waals surface area contributed by atoms with Gasteiger partial charge in [0.15, 0.2) is 0 Å². The van der Waals surface area contributed by atoms with E-state index in [0.29, 0.717) is 5.92 Å². The number of hydrogen-bond acceptors (Lipinski definition) is 2. The van der Waals surface area contributed by atoms with E-state index in [2.05, 4.69) is 28.9 Å². The van der Waals surface area contributed by atoms with Crippen LogP contribution in [-0.4, -0.2) is 18.3 Å². The predicted molar refractivity (Wildman–Crippen MR) is 86.1 cm³/mol. The van der Waals surface area contributed by atoms with Gasteiger partial charge < -0.3 is 9.84 Å². The minimum absolute atomic E-state index is 0.160. The summed E-state index contributed by atoms with van der Waals surface area (Å²) in [5.41, 5.74) is 1.20. The maximum Gasteiger partial charge on any atom is 0.122 e. The summed E-state index contributed by atoms with van der Waals surface area (Å²) in [5.74, 6) is 2.08. The maximum atomic E-state index is 10.3. The Kier molecular flexibility index (Phi) is 5.91. The molecule has 2 rings (SSSR count). The number of benzene rings is 1. The Morgan fingerprint density at radius 2 is 2.15 bits per heavy atom. The van der Waals surface area contributed by atoms with Crippen LogP contribution in [-0.2, 0) is 6.42 Å². The van der Waals surface area contributed by atoms with Crippen LogP contribution in [0.5, 0.6) is 5.75 Å². The van der Waals surface area contributed by atoms with Gasteiger partial charge in [-0.05, 0) is 61.3 Å². The molecular weight excluding hydrogens is 316 g/mol. The standard InChI is InChI=1S/C17H25BrO2/c1-3-4-12-5-7-16(19)13(9-12)10-14-11-15(18)6-8-17(14)20-2/h6,8,11-13,16,19H,3-5,7,9-10H2,1-2H3. The molecule has 0 radical (unpaired) electrons. The van der Waals surface area contributed by atoms with E-state index in [9.17, 15) is 5.11 Å². The van der Waals surface area contributed by atoms with Crippen LogP contribution in [0.25, 0.3) is 0 Å². The average Bonchev–Trinajstić information content (AvgIpc) is 2.43. The minimum atomic E-state index is -0.160.